The van der Waals surface area contributed by atoms with Crippen molar-refractivity contribution in [3.63, 3.8) is 0 Å². The van der Waals surface area contributed by atoms with E-state index in [2.05, 4.69) is 10.6 Å². The van der Waals surface area contributed by atoms with Crippen LogP contribution in [0, 0.1) is 5.41 Å². The number of amides is 2. The van der Waals surface area contributed by atoms with Gasteiger partial charge in [-0.25, -0.2) is 4.79 Å². The molecule has 0 saturated heterocycles. The second-order valence-electron chi connectivity index (χ2n) is 7.19. The van der Waals surface area contributed by atoms with E-state index in [9.17, 15) is 14.1 Å². The first-order valence-corrected chi connectivity index (χ1v) is 9.05. The molecule has 2 amide bonds. The Labute approximate surface area is 130 Å². The molecule has 21 heavy (non-hydrogen) atoms. The molecule has 0 spiro atoms. The Morgan fingerprint density at radius 3 is 2.57 bits per heavy atom. The van der Waals surface area contributed by atoms with Crippen molar-refractivity contribution in [1.29, 1.82) is 0 Å². The van der Waals surface area contributed by atoms with Crippen LogP contribution in [0.1, 0.15) is 53.4 Å². The van der Waals surface area contributed by atoms with Gasteiger partial charge in [0.05, 0.1) is 6.10 Å². The summed E-state index contributed by atoms with van der Waals surface area (Å²) >= 11 is 0. The van der Waals surface area contributed by atoms with Gasteiger partial charge in [-0.3, -0.25) is 4.21 Å². The fraction of sp³-hybridized carbons (Fsp3) is 0.933. The molecule has 3 unspecified atom stereocenters. The summed E-state index contributed by atoms with van der Waals surface area (Å²) < 4.78 is 11.6. The molecular formula is C15H30N2O3S. The zero-order chi connectivity index (χ0) is 16.1. The van der Waals surface area contributed by atoms with Gasteiger partial charge in [0.2, 0.25) is 0 Å². The van der Waals surface area contributed by atoms with Gasteiger partial charge in [-0.15, -0.1) is 0 Å². The summed E-state index contributed by atoms with van der Waals surface area (Å²) in [4.78, 5) is 11.8. The van der Waals surface area contributed by atoms with Crippen molar-refractivity contribution in [1.82, 2.24) is 10.6 Å². The van der Waals surface area contributed by atoms with E-state index in [1.165, 1.54) is 0 Å². The third-order valence-corrected chi connectivity index (χ3v) is 6.13. The van der Waals surface area contributed by atoms with Crippen LogP contribution in [0.5, 0.6) is 0 Å². The summed E-state index contributed by atoms with van der Waals surface area (Å²) in [6.07, 6.45) is 3.55. The van der Waals surface area contributed by atoms with Crippen LogP contribution in [0.3, 0.4) is 0 Å². The molecule has 6 heteroatoms. The molecule has 0 heterocycles. The zero-order valence-corrected chi connectivity index (χ0v) is 14.5. The van der Waals surface area contributed by atoms with E-state index in [4.69, 9.17) is 0 Å². The average molecular weight is 318 g/mol. The van der Waals surface area contributed by atoms with E-state index < -0.39 is 10.8 Å². The van der Waals surface area contributed by atoms with Gasteiger partial charge >= 0.3 is 6.03 Å². The summed E-state index contributed by atoms with van der Waals surface area (Å²) in [7, 11) is -0.958. The second kappa shape index (κ2) is 7.58. The molecule has 0 aromatic heterocycles. The lowest BCUT2D eigenvalue weighted by atomic mass is 9.73. The van der Waals surface area contributed by atoms with Gasteiger partial charge in [-0.05, 0) is 33.6 Å². The molecule has 124 valence electrons. The highest BCUT2D eigenvalue weighted by Gasteiger charge is 2.35. The number of urea groups is 1. The van der Waals surface area contributed by atoms with E-state index in [1.807, 2.05) is 27.7 Å². The Bertz CT molecular complexity index is 382. The summed E-state index contributed by atoms with van der Waals surface area (Å²) in [5.74, 6) is 0.455. The summed E-state index contributed by atoms with van der Waals surface area (Å²) in [6.45, 7) is 8.67. The Balaban J connectivity index is 2.27. The number of carbonyl (C=O) groups excluding carboxylic acids is 1. The van der Waals surface area contributed by atoms with Crippen LogP contribution in [-0.2, 0) is 10.8 Å². The lowest BCUT2D eigenvalue weighted by Gasteiger charge is -2.38. The average Bonchev–Trinajstić information content (AvgIpc) is 2.39. The topological polar surface area (TPSA) is 78.4 Å². The molecule has 0 bridgehead atoms. The van der Waals surface area contributed by atoms with E-state index in [0.29, 0.717) is 18.8 Å². The standard InChI is InChI=1S/C15H30N2O3S/c1-14(2,3)21(20)10-9-16-13(19)17-11-15(4)8-6-5-7-12(15)18/h12,18H,5-11H2,1-4H3,(H2,16,17,19). The van der Waals surface area contributed by atoms with Gasteiger partial charge < -0.3 is 15.7 Å². The summed E-state index contributed by atoms with van der Waals surface area (Å²) in [6, 6.07) is -0.250. The zero-order valence-electron chi connectivity index (χ0n) is 13.7. The number of nitrogens with one attached hydrogen (secondary N) is 2. The molecule has 1 fully saturated rings. The number of aliphatic hydroxyl groups is 1. The van der Waals surface area contributed by atoms with Crippen molar-refractivity contribution in [3.8, 4) is 0 Å². The number of hydrogen-bond donors (Lipinski definition) is 3. The van der Waals surface area contributed by atoms with E-state index in [-0.39, 0.29) is 22.3 Å². The van der Waals surface area contributed by atoms with E-state index >= 15 is 0 Å². The molecule has 1 saturated carbocycles. The molecule has 0 radical (unpaired) electrons. The van der Waals surface area contributed by atoms with E-state index in [1.54, 1.807) is 0 Å². The van der Waals surface area contributed by atoms with Crippen LogP contribution < -0.4 is 10.6 Å². The smallest absolute Gasteiger partial charge is 0.314 e. The van der Waals surface area contributed by atoms with Crippen LogP contribution in [0.15, 0.2) is 0 Å². The number of aliphatic hydroxyl groups excluding tert-OH is 1. The maximum Gasteiger partial charge on any atom is 0.314 e. The van der Waals surface area contributed by atoms with Gasteiger partial charge in [-0.1, -0.05) is 19.8 Å². The SMILES string of the molecule is CC1(CNC(=O)NCCS(=O)C(C)(C)C)CCCCC1O. The van der Waals surface area contributed by atoms with Gasteiger partial charge in [0.15, 0.2) is 0 Å². The van der Waals surface area contributed by atoms with Gasteiger partial charge in [0.1, 0.15) is 0 Å². The minimum absolute atomic E-state index is 0.232. The van der Waals surface area contributed by atoms with Gasteiger partial charge in [0.25, 0.3) is 0 Å². The molecule has 0 aromatic rings. The maximum absolute atomic E-state index is 11.9. The van der Waals surface area contributed by atoms with Crippen LogP contribution in [0.4, 0.5) is 4.79 Å². The largest absolute Gasteiger partial charge is 0.392 e. The summed E-state index contributed by atoms with van der Waals surface area (Å²) in [5, 5.41) is 15.6. The van der Waals surface area contributed by atoms with Crippen LogP contribution in [-0.4, -0.2) is 45.0 Å². The third-order valence-electron chi connectivity index (χ3n) is 4.19. The molecular weight excluding hydrogens is 288 g/mol. The number of rotatable bonds is 5. The monoisotopic (exact) mass is 318 g/mol. The first-order valence-electron chi connectivity index (χ1n) is 7.73. The van der Waals surface area contributed by atoms with Crippen molar-refractivity contribution in [2.24, 2.45) is 5.41 Å². The molecule has 1 rings (SSSR count). The number of carbonyl (C=O) groups is 1. The predicted molar refractivity (Wildman–Crippen MR) is 86.7 cm³/mol. The Morgan fingerprint density at radius 1 is 1.33 bits per heavy atom. The number of hydrogen-bond acceptors (Lipinski definition) is 3. The highest BCUT2D eigenvalue weighted by Crippen LogP contribution is 2.35. The third kappa shape index (κ3) is 5.94. The van der Waals surface area contributed by atoms with Crippen molar-refractivity contribution >= 4 is 16.8 Å². The van der Waals surface area contributed by atoms with Crippen LogP contribution in [0.2, 0.25) is 0 Å². The second-order valence-corrected chi connectivity index (χ2v) is 9.51. The minimum Gasteiger partial charge on any atom is -0.392 e. The summed E-state index contributed by atoms with van der Waals surface area (Å²) in [5.41, 5.74) is -0.232. The lowest BCUT2D eigenvalue weighted by Crippen LogP contribution is -2.48. The van der Waals surface area contributed by atoms with Crippen molar-refractivity contribution in [3.05, 3.63) is 0 Å². The molecule has 0 aromatic carbocycles. The molecule has 3 N–H and O–H groups in total. The van der Waals surface area contributed by atoms with Gasteiger partial charge in [-0.2, -0.15) is 0 Å². The molecule has 0 aliphatic heterocycles. The molecule has 1 aliphatic carbocycles. The van der Waals surface area contributed by atoms with Crippen LogP contribution >= 0.6 is 0 Å². The minimum atomic E-state index is -0.958. The predicted octanol–water partition coefficient (Wildman–Crippen LogP) is 1.77. The van der Waals surface area contributed by atoms with Crippen molar-refractivity contribution in [2.75, 3.05) is 18.8 Å². The normalized spacial score (nSPS) is 28.0. The highest BCUT2D eigenvalue weighted by atomic mass is 32.2. The van der Waals surface area contributed by atoms with Crippen molar-refractivity contribution in [2.45, 2.75) is 64.2 Å². The Morgan fingerprint density at radius 2 is 2.00 bits per heavy atom. The Hall–Kier alpha value is -0.620. The first-order chi connectivity index (χ1) is 9.65. The maximum atomic E-state index is 11.9. The fourth-order valence-electron chi connectivity index (χ4n) is 2.50. The van der Waals surface area contributed by atoms with Crippen molar-refractivity contribution < 1.29 is 14.1 Å². The Kier molecular flexibility index (Phi) is 6.66. The molecule has 3 atom stereocenters. The quantitative estimate of drug-likeness (QED) is 0.723. The molecule has 1 aliphatic rings. The van der Waals surface area contributed by atoms with Gasteiger partial charge in [0, 0.05) is 39.8 Å². The first kappa shape index (κ1) is 18.4. The highest BCUT2D eigenvalue weighted by molar-refractivity contribution is 7.86. The van der Waals surface area contributed by atoms with Crippen LogP contribution in [0.25, 0.3) is 0 Å². The fourth-order valence-corrected chi connectivity index (χ4v) is 3.40. The van der Waals surface area contributed by atoms with E-state index in [0.717, 1.165) is 25.7 Å². The molecule has 5 nitrogen and oxygen atoms in total. The lowest BCUT2D eigenvalue weighted by molar-refractivity contribution is 0.00310.